The summed E-state index contributed by atoms with van der Waals surface area (Å²) >= 11 is 1.79. The van der Waals surface area contributed by atoms with Crippen molar-refractivity contribution in [3.63, 3.8) is 0 Å². The fourth-order valence-corrected chi connectivity index (χ4v) is 2.84. The fraction of sp³-hybridized carbons (Fsp3) is 0.286. The molecule has 0 spiro atoms. The molecule has 1 aliphatic rings. The van der Waals surface area contributed by atoms with E-state index in [1.807, 2.05) is 0 Å². The lowest BCUT2D eigenvalue weighted by atomic mass is 10.1. The van der Waals surface area contributed by atoms with Gasteiger partial charge in [0.05, 0.1) is 13.2 Å². The van der Waals surface area contributed by atoms with Crippen LogP contribution in [0, 0.1) is 0 Å². The first-order chi connectivity index (χ1) is 8.43. The molecule has 0 unspecified atom stereocenters. The standard InChI is InChI=1S/C14H15NOS/c1-3-12(14-5-2-10-17-14)11-13(4-1)15-6-8-16-9-7-15/h1-5,10-11H,6-9H2. The number of anilines is 1. The molecular formula is C14H15NOS. The molecule has 1 aromatic heterocycles. The molecule has 0 atom stereocenters. The molecule has 0 bridgehead atoms. The van der Waals surface area contributed by atoms with Gasteiger partial charge in [0, 0.05) is 23.7 Å². The van der Waals surface area contributed by atoms with Crippen LogP contribution < -0.4 is 4.90 Å². The van der Waals surface area contributed by atoms with Gasteiger partial charge < -0.3 is 9.64 Å². The molecule has 1 fully saturated rings. The van der Waals surface area contributed by atoms with Crippen molar-refractivity contribution in [2.75, 3.05) is 31.2 Å². The van der Waals surface area contributed by atoms with E-state index in [4.69, 9.17) is 4.74 Å². The molecule has 0 N–H and O–H groups in total. The van der Waals surface area contributed by atoms with E-state index in [1.54, 1.807) is 11.3 Å². The Morgan fingerprint density at radius 3 is 2.71 bits per heavy atom. The molecule has 2 heterocycles. The van der Waals surface area contributed by atoms with Crippen molar-refractivity contribution >= 4 is 17.0 Å². The normalized spacial score (nSPS) is 16.1. The van der Waals surface area contributed by atoms with Crippen LogP contribution in [0.2, 0.25) is 0 Å². The summed E-state index contributed by atoms with van der Waals surface area (Å²) in [6.07, 6.45) is 0. The Morgan fingerprint density at radius 2 is 1.94 bits per heavy atom. The summed E-state index contributed by atoms with van der Waals surface area (Å²) in [7, 11) is 0. The number of morpholine rings is 1. The van der Waals surface area contributed by atoms with E-state index >= 15 is 0 Å². The Balaban J connectivity index is 1.88. The van der Waals surface area contributed by atoms with Crippen LogP contribution in [0.4, 0.5) is 5.69 Å². The van der Waals surface area contributed by atoms with Gasteiger partial charge in [0.15, 0.2) is 0 Å². The number of rotatable bonds is 2. The Labute approximate surface area is 105 Å². The Hall–Kier alpha value is -1.32. The fourth-order valence-electron chi connectivity index (χ4n) is 2.12. The highest BCUT2D eigenvalue weighted by Gasteiger charge is 2.11. The molecule has 3 rings (SSSR count). The van der Waals surface area contributed by atoms with Crippen molar-refractivity contribution in [1.29, 1.82) is 0 Å². The highest BCUT2D eigenvalue weighted by Crippen LogP contribution is 2.28. The second kappa shape index (κ2) is 4.90. The molecule has 1 aliphatic heterocycles. The van der Waals surface area contributed by atoms with E-state index in [-0.39, 0.29) is 0 Å². The summed E-state index contributed by atoms with van der Waals surface area (Å²) < 4.78 is 5.38. The van der Waals surface area contributed by atoms with Crippen LogP contribution in [0.15, 0.2) is 41.8 Å². The molecule has 1 aromatic carbocycles. The van der Waals surface area contributed by atoms with Gasteiger partial charge in [-0.3, -0.25) is 0 Å². The Morgan fingerprint density at radius 1 is 1.06 bits per heavy atom. The van der Waals surface area contributed by atoms with Crippen LogP contribution >= 0.6 is 11.3 Å². The minimum absolute atomic E-state index is 0.837. The van der Waals surface area contributed by atoms with Gasteiger partial charge in [-0.05, 0) is 29.1 Å². The van der Waals surface area contributed by atoms with Gasteiger partial charge in [-0.1, -0.05) is 18.2 Å². The summed E-state index contributed by atoms with van der Waals surface area (Å²) in [6.45, 7) is 3.66. The summed E-state index contributed by atoms with van der Waals surface area (Å²) in [5, 5.41) is 2.12. The molecule has 0 radical (unpaired) electrons. The zero-order chi connectivity index (χ0) is 11.5. The molecule has 3 heteroatoms. The van der Waals surface area contributed by atoms with Crippen molar-refractivity contribution in [2.24, 2.45) is 0 Å². The third kappa shape index (κ3) is 2.35. The monoisotopic (exact) mass is 245 g/mol. The van der Waals surface area contributed by atoms with Crippen molar-refractivity contribution in [2.45, 2.75) is 0 Å². The second-order valence-electron chi connectivity index (χ2n) is 4.13. The SMILES string of the molecule is c1cc(-c2cccs2)cc(N2CCOCC2)c1. The van der Waals surface area contributed by atoms with Crippen molar-refractivity contribution in [3.05, 3.63) is 41.8 Å². The molecule has 17 heavy (non-hydrogen) atoms. The maximum atomic E-state index is 5.38. The third-order valence-corrected chi connectivity index (χ3v) is 3.95. The van der Waals surface area contributed by atoms with Crippen molar-refractivity contribution in [1.82, 2.24) is 0 Å². The largest absolute Gasteiger partial charge is 0.378 e. The number of nitrogens with zero attached hydrogens (tertiary/aromatic N) is 1. The van der Waals surface area contributed by atoms with Gasteiger partial charge in [-0.2, -0.15) is 0 Å². The first-order valence-corrected chi connectivity index (χ1v) is 6.78. The van der Waals surface area contributed by atoms with E-state index < -0.39 is 0 Å². The number of thiophene rings is 1. The van der Waals surface area contributed by atoms with Crippen molar-refractivity contribution in [3.8, 4) is 10.4 Å². The topological polar surface area (TPSA) is 12.5 Å². The van der Waals surface area contributed by atoms with Crippen molar-refractivity contribution < 1.29 is 4.74 Å². The molecule has 88 valence electrons. The first kappa shape index (κ1) is 10.8. The zero-order valence-electron chi connectivity index (χ0n) is 9.63. The minimum atomic E-state index is 0.837. The molecular weight excluding hydrogens is 230 g/mol. The van der Waals surface area contributed by atoms with Gasteiger partial charge in [-0.15, -0.1) is 11.3 Å². The molecule has 2 nitrogen and oxygen atoms in total. The molecule has 0 aliphatic carbocycles. The summed E-state index contributed by atoms with van der Waals surface area (Å²) in [6, 6.07) is 13.0. The van der Waals surface area contributed by atoms with Crippen LogP contribution in [-0.4, -0.2) is 26.3 Å². The number of ether oxygens (including phenoxy) is 1. The summed E-state index contributed by atoms with van der Waals surface area (Å²) in [5.41, 5.74) is 2.61. The van der Waals surface area contributed by atoms with E-state index in [9.17, 15) is 0 Å². The molecule has 0 amide bonds. The lowest BCUT2D eigenvalue weighted by Gasteiger charge is -2.29. The maximum absolute atomic E-state index is 5.38. The van der Waals surface area contributed by atoms with Gasteiger partial charge in [-0.25, -0.2) is 0 Å². The van der Waals surface area contributed by atoms with E-state index in [0.717, 1.165) is 26.3 Å². The van der Waals surface area contributed by atoms with Crippen LogP contribution in [-0.2, 0) is 4.74 Å². The Bertz CT molecular complexity index is 475. The van der Waals surface area contributed by atoms with Gasteiger partial charge in [0.1, 0.15) is 0 Å². The minimum Gasteiger partial charge on any atom is -0.378 e. The average molecular weight is 245 g/mol. The predicted molar refractivity (Wildman–Crippen MR) is 72.8 cm³/mol. The predicted octanol–water partition coefficient (Wildman–Crippen LogP) is 3.25. The lowest BCUT2D eigenvalue weighted by Crippen LogP contribution is -2.36. The summed E-state index contributed by atoms with van der Waals surface area (Å²) in [5.74, 6) is 0. The molecule has 2 aromatic rings. The molecule has 1 saturated heterocycles. The highest BCUT2D eigenvalue weighted by molar-refractivity contribution is 7.13. The lowest BCUT2D eigenvalue weighted by molar-refractivity contribution is 0.122. The number of hydrogen-bond acceptors (Lipinski definition) is 3. The van der Waals surface area contributed by atoms with Gasteiger partial charge >= 0.3 is 0 Å². The maximum Gasteiger partial charge on any atom is 0.0642 e. The van der Waals surface area contributed by atoms with Crippen LogP contribution in [0.3, 0.4) is 0 Å². The number of benzene rings is 1. The van der Waals surface area contributed by atoms with E-state index in [2.05, 4.69) is 46.7 Å². The first-order valence-electron chi connectivity index (χ1n) is 5.90. The highest BCUT2D eigenvalue weighted by atomic mass is 32.1. The number of hydrogen-bond donors (Lipinski definition) is 0. The van der Waals surface area contributed by atoms with Gasteiger partial charge in [0.25, 0.3) is 0 Å². The van der Waals surface area contributed by atoms with Crippen LogP contribution in [0.5, 0.6) is 0 Å². The average Bonchev–Trinajstić information content (AvgIpc) is 2.94. The van der Waals surface area contributed by atoms with Gasteiger partial charge in [0.2, 0.25) is 0 Å². The third-order valence-electron chi connectivity index (χ3n) is 3.03. The van der Waals surface area contributed by atoms with Crippen LogP contribution in [0.25, 0.3) is 10.4 Å². The van der Waals surface area contributed by atoms with E-state index in [1.165, 1.54) is 16.1 Å². The second-order valence-corrected chi connectivity index (χ2v) is 5.07. The summed E-state index contributed by atoms with van der Waals surface area (Å²) in [4.78, 5) is 3.72. The Kier molecular flexibility index (Phi) is 3.12. The molecule has 0 saturated carbocycles. The smallest absolute Gasteiger partial charge is 0.0642 e. The van der Waals surface area contributed by atoms with E-state index in [0.29, 0.717) is 0 Å². The van der Waals surface area contributed by atoms with Crippen LogP contribution in [0.1, 0.15) is 0 Å². The quantitative estimate of drug-likeness (QED) is 0.805. The zero-order valence-corrected chi connectivity index (χ0v) is 10.5.